The molecule has 22 heavy (non-hydrogen) atoms. The lowest BCUT2D eigenvalue weighted by atomic mass is 10.2. The molecular formula is C15H14BrN5O. The van der Waals surface area contributed by atoms with Crippen LogP contribution < -0.4 is 9.64 Å². The van der Waals surface area contributed by atoms with Gasteiger partial charge in [0.25, 0.3) is 0 Å². The summed E-state index contributed by atoms with van der Waals surface area (Å²) in [6.07, 6.45) is 6.02. The number of hydrogen-bond donors (Lipinski definition) is 0. The van der Waals surface area contributed by atoms with Gasteiger partial charge in [-0.15, -0.1) is 0 Å². The molecule has 7 heteroatoms. The Hall–Kier alpha value is -2.20. The Morgan fingerprint density at radius 3 is 2.82 bits per heavy atom. The highest BCUT2D eigenvalue weighted by atomic mass is 79.9. The van der Waals surface area contributed by atoms with Crippen LogP contribution in [0.2, 0.25) is 0 Å². The number of pyridine rings is 1. The van der Waals surface area contributed by atoms with Crippen molar-refractivity contribution < 1.29 is 4.74 Å². The molecule has 0 aliphatic carbocycles. The summed E-state index contributed by atoms with van der Waals surface area (Å²) >= 11 is 3.33. The van der Waals surface area contributed by atoms with Crippen molar-refractivity contribution in [2.45, 2.75) is 19.4 Å². The quantitative estimate of drug-likeness (QED) is 0.837. The number of aryl methyl sites for hydroxylation is 1. The fourth-order valence-corrected chi connectivity index (χ4v) is 2.71. The van der Waals surface area contributed by atoms with E-state index >= 15 is 0 Å². The minimum Gasteiger partial charge on any atom is -0.458 e. The fourth-order valence-electron chi connectivity index (χ4n) is 2.37. The van der Waals surface area contributed by atoms with E-state index in [0.29, 0.717) is 23.9 Å². The maximum absolute atomic E-state index is 9.24. The molecule has 0 aromatic carbocycles. The van der Waals surface area contributed by atoms with Gasteiger partial charge in [-0.05, 0) is 34.5 Å². The molecule has 1 aliphatic heterocycles. The van der Waals surface area contributed by atoms with Crippen LogP contribution in [-0.4, -0.2) is 34.1 Å². The van der Waals surface area contributed by atoms with E-state index in [1.807, 2.05) is 6.92 Å². The van der Waals surface area contributed by atoms with Gasteiger partial charge in [0, 0.05) is 36.0 Å². The first kappa shape index (κ1) is 14.7. The molecule has 0 N–H and O–H groups in total. The van der Waals surface area contributed by atoms with Crippen LogP contribution in [0, 0.1) is 18.3 Å². The first-order chi connectivity index (χ1) is 10.7. The Morgan fingerprint density at radius 1 is 1.32 bits per heavy atom. The highest BCUT2D eigenvalue weighted by Gasteiger charge is 2.27. The van der Waals surface area contributed by atoms with Crippen LogP contribution in [0.15, 0.2) is 29.1 Å². The highest BCUT2D eigenvalue weighted by molar-refractivity contribution is 9.10. The molecule has 1 unspecified atom stereocenters. The number of rotatable bonds is 3. The molecule has 0 spiro atoms. The van der Waals surface area contributed by atoms with Gasteiger partial charge in [-0.25, -0.2) is 15.0 Å². The second-order valence-electron chi connectivity index (χ2n) is 5.15. The Bertz CT molecular complexity index is 713. The standard InChI is InChI=1S/C15H14BrN5O/c1-10-6-19-15(20-7-10)22-13-2-3-21(9-13)14-11(5-17)4-12(16)8-18-14/h4,6-8,13H,2-3,9H2,1H3. The van der Waals surface area contributed by atoms with E-state index in [0.717, 1.165) is 23.0 Å². The van der Waals surface area contributed by atoms with Crippen molar-refractivity contribution in [3.8, 4) is 12.1 Å². The number of nitriles is 1. The summed E-state index contributed by atoms with van der Waals surface area (Å²) in [4.78, 5) is 14.7. The molecule has 0 saturated carbocycles. The molecule has 3 heterocycles. The predicted molar refractivity (Wildman–Crippen MR) is 84.7 cm³/mol. The van der Waals surface area contributed by atoms with Crippen LogP contribution in [0.25, 0.3) is 0 Å². The van der Waals surface area contributed by atoms with E-state index < -0.39 is 0 Å². The van der Waals surface area contributed by atoms with E-state index in [1.165, 1.54) is 0 Å². The van der Waals surface area contributed by atoms with Crippen LogP contribution in [0.1, 0.15) is 17.5 Å². The predicted octanol–water partition coefficient (Wildman–Crippen LogP) is 2.47. The molecule has 3 rings (SSSR count). The summed E-state index contributed by atoms with van der Waals surface area (Å²) in [5.74, 6) is 0.696. The zero-order valence-electron chi connectivity index (χ0n) is 12.0. The second-order valence-corrected chi connectivity index (χ2v) is 6.07. The van der Waals surface area contributed by atoms with E-state index in [4.69, 9.17) is 4.74 Å². The van der Waals surface area contributed by atoms with Crippen LogP contribution in [0.5, 0.6) is 6.01 Å². The molecule has 1 aliphatic rings. The molecule has 1 atom stereocenters. The van der Waals surface area contributed by atoms with Crippen molar-refractivity contribution in [1.82, 2.24) is 15.0 Å². The van der Waals surface area contributed by atoms with Crippen LogP contribution in [0.3, 0.4) is 0 Å². The van der Waals surface area contributed by atoms with Gasteiger partial charge in [0.15, 0.2) is 0 Å². The third-order valence-corrected chi connectivity index (χ3v) is 3.86. The fraction of sp³-hybridized carbons (Fsp3) is 0.333. The highest BCUT2D eigenvalue weighted by Crippen LogP contribution is 2.25. The zero-order valence-corrected chi connectivity index (χ0v) is 13.6. The van der Waals surface area contributed by atoms with Gasteiger partial charge >= 0.3 is 6.01 Å². The number of hydrogen-bond acceptors (Lipinski definition) is 6. The van der Waals surface area contributed by atoms with Crippen molar-refractivity contribution in [2.24, 2.45) is 0 Å². The topological polar surface area (TPSA) is 74.9 Å². The third-order valence-electron chi connectivity index (χ3n) is 3.43. The number of nitrogens with zero attached hydrogens (tertiary/aromatic N) is 5. The Morgan fingerprint density at radius 2 is 2.09 bits per heavy atom. The second kappa shape index (κ2) is 6.28. The summed E-state index contributed by atoms with van der Waals surface area (Å²) in [5.41, 5.74) is 1.56. The number of halogens is 1. The Labute approximate surface area is 136 Å². The van der Waals surface area contributed by atoms with Gasteiger partial charge in [-0.2, -0.15) is 5.26 Å². The first-order valence-electron chi connectivity index (χ1n) is 6.91. The molecule has 2 aromatic rings. The van der Waals surface area contributed by atoms with E-state index in [9.17, 15) is 5.26 Å². The van der Waals surface area contributed by atoms with Crippen molar-refractivity contribution >= 4 is 21.7 Å². The summed E-state index contributed by atoms with van der Waals surface area (Å²) in [5, 5.41) is 9.24. The van der Waals surface area contributed by atoms with Gasteiger partial charge in [0.2, 0.25) is 0 Å². The summed E-state index contributed by atoms with van der Waals surface area (Å²) in [7, 11) is 0. The molecule has 0 radical (unpaired) electrons. The number of ether oxygens (including phenoxy) is 1. The van der Waals surface area contributed by atoms with Gasteiger partial charge in [0.05, 0.1) is 12.1 Å². The van der Waals surface area contributed by atoms with E-state index in [2.05, 4.69) is 41.9 Å². The average molecular weight is 360 g/mol. The van der Waals surface area contributed by atoms with Gasteiger partial charge < -0.3 is 9.64 Å². The lowest BCUT2D eigenvalue weighted by Gasteiger charge is -2.18. The largest absolute Gasteiger partial charge is 0.458 e. The van der Waals surface area contributed by atoms with Crippen molar-refractivity contribution in [3.05, 3.63) is 40.3 Å². The van der Waals surface area contributed by atoms with Crippen LogP contribution in [0.4, 0.5) is 5.82 Å². The van der Waals surface area contributed by atoms with Crippen molar-refractivity contribution in [3.63, 3.8) is 0 Å². The number of anilines is 1. The molecule has 1 fully saturated rings. The molecule has 2 aromatic heterocycles. The van der Waals surface area contributed by atoms with Gasteiger partial charge in [-0.1, -0.05) is 0 Å². The maximum Gasteiger partial charge on any atom is 0.316 e. The molecule has 0 amide bonds. The first-order valence-corrected chi connectivity index (χ1v) is 7.71. The third kappa shape index (κ3) is 3.17. The van der Waals surface area contributed by atoms with Crippen molar-refractivity contribution in [2.75, 3.05) is 18.0 Å². The van der Waals surface area contributed by atoms with E-state index in [-0.39, 0.29) is 6.10 Å². The molecule has 0 bridgehead atoms. The number of aromatic nitrogens is 3. The molecule has 6 nitrogen and oxygen atoms in total. The zero-order chi connectivity index (χ0) is 15.5. The lowest BCUT2D eigenvalue weighted by Crippen LogP contribution is -2.26. The molecular weight excluding hydrogens is 346 g/mol. The lowest BCUT2D eigenvalue weighted by molar-refractivity contribution is 0.206. The minimum absolute atomic E-state index is 0.000282. The molecule has 1 saturated heterocycles. The minimum atomic E-state index is -0.000282. The Balaban J connectivity index is 1.70. The van der Waals surface area contributed by atoms with Gasteiger partial charge in [-0.3, -0.25) is 0 Å². The SMILES string of the molecule is Cc1cnc(OC2CCN(c3ncc(Br)cc3C#N)C2)nc1. The smallest absolute Gasteiger partial charge is 0.316 e. The normalized spacial score (nSPS) is 17.3. The van der Waals surface area contributed by atoms with Crippen molar-refractivity contribution in [1.29, 1.82) is 5.26 Å². The summed E-state index contributed by atoms with van der Waals surface area (Å²) in [6.45, 7) is 3.39. The summed E-state index contributed by atoms with van der Waals surface area (Å²) in [6, 6.07) is 4.35. The van der Waals surface area contributed by atoms with E-state index in [1.54, 1.807) is 24.7 Å². The maximum atomic E-state index is 9.24. The average Bonchev–Trinajstić information content (AvgIpc) is 2.97. The van der Waals surface area contributed by atoms with Crippen LogP contribution >= 0.6 is 15.9 Å². The Kier molecular flexibility index (Phi) is 4.20. The summed E-state index contributed by atoms with van der Waals surface area (Å²) < 4.78 is 6.59. The van der Waals surface area contributed by atoms with Crippen LogP contribution in [-0.2, 0) is 0 Å². The molecule has 112 valence electrons. The van der Waals surface area contributed by atoms with Gasteiger partial charge in [0.1, 0.15) is 18.0 Å². The monoisotopic (exact) mass is 359 g/mol.